The van der Waals surface area contributed by atoms with Crippen LogP contribution in [0.2, 0.25) is 0 Å². The summed E-state index contributed by atoms with van der Waals surface area (Å²) in [5.41, 5.74) is 0.744. The minimum absolute atomic E-state index is 0.202. The molecule has 0 bridgehead atoms. The van der Waals surface area contributed by atoms with E-state index < -0.39 is 9.84 Å². The lowest BCUT2D eigenvalue weighted by molar-refractivity contribution is 0.457. The summed E-state index contributed by atoms with van der Waals surface area (Å²) in [5, 5.41) is 0. The summed E-state index contributed by atoms with van der Waals surface area (Å²) in [6.07, 6.45) is 2.74. The first-order valence-electron chi connectivity index (χ1n) is 5.48. The SMILES string of the molecule is CS(=O)(=O)c1cccc(Oc2ncccc2CCl)c1. The molecule has 2 aromatic rings. The smallest absolute Gasteiger partial charge is 0.223 e. The Labute approximate surface area is 116 Å². The predicted molar refractivity (Wildman–Crippen MR) is 73.4 cm³/mol. The molecular formula is C13H12ClNO3S. The molecule has 0 saturated carbocycles. The van der Waals surface area contributed by atoms with E-state index in [-0.39, 0.29) is 10.8 Å². The Bertz CT molecular complexity index is 686. The van der Waals surface area contributed by atoms with Crippen molar-refractivity contribution in [2.75, 3.05) is 6.26 Å². The molecule has 0 fully saturated rings. The third-order valence-electron chi connectivity index (χ3n) is 2.44. The number of ether oxygens (including phenoxy) is 1. The van der Waals surface area contributed by atoms with Crippen molar-refractivity contribution in [2.24, 2.45) is 0 Å². The van der Waals surface area contributed by atoms with Gasteiger partial charge in [-0.3, -0.25) is 0 Å². The predicted octanol–water partition coefficient (Wildman–Crippen LogP) is 3.02. The third kappa shape index (κ3) is 3.45. The zero-order chi connectivity index (χ0) is 13.9. The van der Waals surface area contributed by atoms with E-state index in [9.17, 15) is 8.42 Å². The van der Waals surface area contributed by atoms with Gasteiger partial charge in [0, 0.05) is 18.0 Å². The Hall–Kier alpha value is -1.59. The van der Waals surface area contributed by atoms with Crippen LogP contribution in [-0.2, 0) is 15.7 Å². The van der Waals surface area contributed by atoms with Crippen molar-refractivity contribution in [3.05, 3.63) is 48.2 Å². The highest BCUT2D eigenvalue weighted by molar-refractivity contribution is 7.90. The zero-order valence-electron chi connectivity index (χ0n) is 10.2. The summed E-state index contributed by atoms with van der Waals surface area (Å²) in [4.78, 5) is 4.28. The van der Waals surface area contributed by atoms with Crippen LogP contribution >= 0.6 is 11.6 Å². The largest absolute Gasteiger partial charge is 0.439 e. The Kier molecular flexibility index (Phi) is 4.07. The molecule has 0 saturated heterocycles. The maximum atomic E-state index is 11.5. The van der Waals surface area contributed by atoms with E-state index in [1.54, 1.807) is 30.5 Å². The maximum Gasteiger partial charge on any atom is 0.223 e. The third-order valence-corrected chi connectivity index (χ3v) is 3.84. The van der Waals surface area contributed by atoms with E-state index in [0.29, 0.717) is 11.6 Å². The van der Waals surface area contributed by atoms with Gasteiger partial charge < -0.3 is 4.74 Å². The average Bonchev–Trinajstić information content (AvgIpc) is 2.39. The van der Waals surface area contributed by atoms with Crippen LogP contribution in [0.1, 0.15) is 5.56 Å². The number of rotatable bonds is 4. The van der Waals surface area contributed by atoms with Gasteiger partial charge in [-0.05, 0) is 24.3 Å². The van der Waals surface area contributed by atoms with E-state index in [1.165, 1.54) is 12.1 Å². The van der Waals surface area contributed by atoms with E-state index in [4.69, 9.17) is 16.3 Å². The number of halogens is 1. The number of nitrogens with zero attached hydrogens (tertiary/aromatic N) is 1. The molecule has 0 unspecified atom stereocenters. The van der Waals surface area contributed by atoms with Gasteiger partial charge in [0.15, 0.2) is 9.84 Å². The van der Waals surface area contributed by atoms with Crippen LogP contribution in [0.3, 0.4) is 0 Å². The van der Waals surface area contributed by atoms with Gasteiger partial charge in [-0.15, -0.1) is 11.6 Å². The van der Waals surface area contributed by atoms with Crippen molar-refractivity contribution in [1.82, 2.24) is 4.98 Å². The van der Waals surface area contributed by atoms with Crippen molar-refractivity contribution in [3.8, 4) is 11.6 Å². The minimum Gasteiger partial charge on any atom is -0.439 e. The molecule has 0 aliphatic heterocycles. The van der Waals surface area contributed by atoms with Crippen LogP contribution < -0.4 is 4.74 Å². The quantitative estimate of drug-likeness (QED) is 0.814. The molecule has 1 heterocycles. The standard InChI is InChI=1S/C13H12ClNO3S/c1-19(16,17)12-6-2-5-11(8-12)18-13-10(9-14)4-3-7-15-13/h2-8H,9H2,1H3. The molecular weight excluding hydrogens is 286 g/mol. The molecule has 0 N–H and O–H groups in total. The first-order chi connectivity index (χ1) is 9.00. The Morgan fingerprint density at radius 2 is 2.05 bits per heavy atom. The molecule has 0 aliphatic carbocycles. The summed E-state index contributed by atoms with van der Waals surface area (Å²) in [5.74, 6) is 1.06. The Morgan fingerprint density at radius 3 is 2.74 bits per heavy atom. The Morgan fingerprint density at radius 1 is 1.26 bits per heavy atom. The normalized spacial score (nSPS) is 11.3. The van der Waals surface area contributed by atoms with Gasteiger partial charge in [0.25, 0.3) is 0 Å². The fourth-order valence-electron chi connectivity index (χ4n) is 1.50. The molecule has 2 rings (SSSR count). The number of aromatic nitrogens is 1. The molecule has 0 spiro atoms. The van der Waals surface area contributed by atoms with Gasteiger partial charge in [0.2, 0.25) is 5.88 Å². The summed E-state index contributed by atoms with van der Waals surface area (Å²) in [7, 11) is -3.26. The number of pyridine rings is 1. The molecule has 6 heteroatoms. The van der Waals surface area contributed by atoms with Crippen molar-refractivity contribution < 1.29 is 13.2 Å². The van der Waals surface area contributed by atoms with E-state index >= 15 is 0 Å². The molecule has 0 radical (unpaired) electrons. The zero-order valence-corrected chi connectivity index (χ0v) is 11.8. The monoisotopic (exact) mass is 297 g/mol. The van der Waals surface area contributed by atoms with Crippen molar-refractivity contribution in [1.29, 1.82) is 0 Å². The van der Waals surface area contributed by atoms with Gasteiger partial charge in [0.05, 0.1) is 10.8 Å². The van der Waals surface area contributed by atoms with E-state index in [0.717, 1.165) is 11.8 Å². The lowest BCUT2D eigenvalue weighted by Gasteiger charge is -2.08. The summed E-state index contributed by atoms with van der Waals surface area (Å²) in [6.45, 7) is 0. The molecule has 1 aromatic carbocycles. The van der Waals surface area contributed by atoms with Crippen LogP contribution in [0.5, 0.6) is 11.6 Å². The summed E-state index contributed by atoms with van der Waals surface area (Å²) < 4.78 is 28.5. The van der Waals surface area contributed by atoms with E-state index in [2.05, 4.69) is 4.98 Å². The first kappa shape index (κ1) is 13.8. The molecule has 0 atom stereocenters. The van der Waals surface area contributed by atoms with Crippen LogP contribution in [0.25, 0.3) is 0 Å². The maximum absolute atomic E-state index is 11.5. The van der Waals surface area contributed by atoms with Crippen LogP contribution in [0, 0.1) is 0 Å². The lowest BCUT2D eigenvalue weighted by Crippen LogP contribution is -1.98. The van der Waals surface area contributed by atoms with Crippen LogP contribution in [0.15, 0.2) is 47.5 Å². The van der Waals surface area contributed by atoms with Crippen LogP contribution in [-0.4, -0.2) is 19.7 Å². The van der Waals surface area contributed by atoms with E-state index in [1.807, 2.05) is 0 Å². The molecule has 0 aliphatic rings. The fourth-order valence-corrected chi connectivity index (χ4v) is 2.36. The average molecular weight is 298 g/mol. The number of alkyl halides is 1. The minimum atomic E-state index is -3.26. The molecule has 0 amide bonds. The molecule has 1 aromatic heterocycles. The molecule has 19 heavy (non-hydrogen) atoms. The fraction of sp³-hybridized carbons (Fsp3) is 0.154. The first-order valence-corrected chi connectivity index (χ1v) is 7.91. The lowest BCUT2D eigenvalue weighted by atomic mass is 10.3. The topological polar surface area (TPSA) is 56.3 Å². The van der Waals surface area contributed by atoms with Crippen molar-refractivity contribution in [2.45, 2.75) is 10.8 Å². The van der Waals surface area contributed by atoms with Crippen LogP contribution in [0.4, 0.5) is 0 Å². The molecule has 4 nitrogen and oxygen atoms in total. The summed E-state index contributed by atoms with van der Waals surface area (Å²) >= 11 is 5.79. The second-order valence-electron chi connectivity index (χ2n) is 3.95. The van der Waals surface area contributed by atoms with Crippen molar-refractivity contribution >= 4 is 21.4 Å². The summed E-state index contributed by atoms with van der Waals surface area (Å²) in [6, 6.07) is 9.83. The van der Waals surface area contributed by atoms with Gasteiger partial charge in [-0.25, -0.2) is 13.4 Å². The van der Waals surface area contributed by atoms with Gasteiger partial charge in [0.1, 0.15) is 5.75 Å². The highest BCUT2D eigenvalue weighted by Gasteiger charge is 2.10. The molecule has 100 valence electrons. The number of hydrogen-bond donors (Lipinski definition) is 0. The second kappa shape index (κ2) is 5.59. The second-order valence-corrected chi connectivity index (χ2v) is 6.23. The van der Waals surface area contributed by atoms with Gasteiger partial charge >= 0.3 is 0 Å². The van der Waals surface area contributed by atoms with Gasteiger partial charge in [-0.2, -0.15) is 0 Å². The van der Waals surface area contributed by atoms with Gasteiger partial charge in [-0.1, -0.05) is 12.1 Å². The highest BCUT2D eigenvalue weighted by Crippen LogP contribution is 2.25. The van der Waals surface area contributed by atoms with Crippen molar-refractivity contribution in [3.63, 3.8) is 0 Å². The number of benzene rings is 1. The number of sulfone groups is 1. The Balaban J connectivity index is 2.34. The number of hydrogen-bond acceptors (Lipinski definition) is 4. The highest BCUT2D eigenvalue weighted by atomic mass is 35.5.